The minimum Gasteiger partial charge on any atom is -0.454 e. The van der Waals surface area contributed by atoms with E-state index in [-0.39, 0.29) is 11.3 Å². The summed E-state index contributed by atoms with van der Waals surface area (Å²) in [6, 6.07) is 6.60. The van der Waals surface area contributed by atoms with Crippen molar-refractivity contribution in [3.05, 3.63) is 69.3 Å². The summed E-state index contributed by atoms with van der Waals surface area (Å²) in [4.78, 5) is 34.4. The number of halogens is 2. The lowest BCUT2D eigenvalue weighted by Crippen LogP contribution is -2.17. The zero-order valence-corrected chi connectivity index (χ0v) is 13.6. The van der Waals surface area contributed by atoms with Gasteiger partial charge in [0.2, 0.25) is 5.78 Å². The second-order valence-electron chi connectivity index (χ2n) is 4.74. The highest BCUT2D eigenvalue weighted by Gasteiger charge is 2.21. The zero-order valence-electron chi connectivity index (χ0n) is 12.8. The number of nitro benzene ring substituents is 1. The van der Waals surface area contributed by atoms with E-state index in [1.54, 1.807) is 6.26 Å². The average molecular weight is 367 g/mol. The van der Waals surface area contributed by atoms with Gasteiger partial charge < -0.3 is 4.74 Å². The fourth-order valence-corrected chi connectivity index (χ4v) is 2.56. The highest BCUT2D eigenvalue weighted by atomic mass is 32.2. The summed E-state index contributed by atoms with van der Waals surface area (Å²) in [6.07, 6.45) is 1.64. The number of Topliss-reactive ketones (excluding diaryl/α,β-unsaturated/α-hetero) is 1. The molecule has 0 N–H and O–H groups in total. The number of thioether (sulfide) groups is 1. The van der Waals surface area contributed by atoms with Gasteiger partial charge in [-0.2, -0.15) is 0 Å². The van der Waals surface area contributed by atoms with Crippen molar-refractivity contribution in [2.24, 2.45) is 0 Å². The lowest BCUT2D eigenvalue weighted by molar-refractivity contribution is -0.387. The predicted molar refractivity (Wildman–Crippen MR) is 85.8 cm³/mol. The van der Waals surface area contributed by atoms with E-state index in [9.17, 15) is 28.5 Å². The van der Waals surface area contributed by atoms with Gasteiger partial charge in [-0.1, -0.05) is 6.07 Å². The molecule has 0 aromatic heterocycles. The van der Waals surface area contributed by atoms with E-state index in [0.717, 1.165) is 36.0 Å². The Hall–Kier alpha value is -2.81. The van der Waals surface area contributed by atoms with E-state index < -0.39 is 40.5 Å². The van der Waals surface area contributed by atoms with E-state index in [4.69, 9.17) is 4.74 Å². The molecule has 0 radical (unpaired) electrons. The maximum atomic E-state index is 13.5. The van der Waals surface area contributed by atoms with Crippen LogP contribution in [-0.2, 0) is 4.74 Å². The van der Waals surface area contributed by atoms with Crippen molar-refractivity contribution in [2.75, 3.05) is 12.9 Å². The summed E-state index contributed by atoms with van der Waals surface area (Å²) in [5, 5.41) is 11.0. The Balaban J connectivity index is 2.14. The molecule has 0 unspecified atom stereocenters. The van der Waals surface area contributed by atoms with E-state index >= 15 is 0 Å². The second kappa shape index (κ2) is 7.84. The molecule has 0 spiro atoms. The molecule has 9 heteroatoms. The first kappa shape index (κ1) is 18.5. The van der Waals surface area contributed by atoms with E-state index in [1.165, 1.54) is 12.1 Å². The summed E-state index contributed by atoms with van der Waals surface area (Å²) in [6.45, 7) is -0.894. The smallest absolute Gasteiger partial charge is 0.338 e. The van der Waals surface area contributed by atoms with E-state index in [2.05, 4.69) is 0 Å². The van der Waals surface area contributed by atoms with Crippen molar-refractivity contribution in [3.63, 3.8) is 0 Å². The van der Waals surface area contributed by atoms with Crippen LogP contribution in [0.1, 0.15) is 20.7 Å². The van der Waals surface area contributed by atoms with Crippen LogP contribution in [0, 0.1) is 21.7 Å². The van der Waals surface area contributed by atoms with E-state index in [0.29, 0.717) is 4.90 Å². The average Bonchev–Trinajstić information content (AvgIpc) is 2.58. The van der Waals surface area contributed by atoms with Crippen molar-refractivity contribution in [1.29, 1.82) is 0 Å². The van der Waals surface area contributed by atoms with Gasteiger partial charge in [-0.15, -0.1) is 11.8 Å². The van der Waals surface area contributed by atoms with Crippen LogP contribution < -0.4 is 0 Å². The standard InChI is InChI=1S/C16H11F2NO5S/c1-25-14-6-5-9(7-12(14)19(22)23)16(21)24-8-13(20)15-10(17)3-2-4-11(15)18/h2-7H,8H2,1H3. The quantitative estimate of drug-likeness (QED) is 0.255. The first-order valence-electron chi connectivity index (χ1n) is 6.82. The molecule has 0 aliphatic heterocycles. The Morgan fingerprint density at radius 3 is 2.40 bits per heavy atom. The van der Waals surface area contributed by atoms with Gasteiger partial charge >= 0.3 is 5.97 Å². The van der Waals surface area contributed by atoms with Gasteiger partial charge in [-0.25, -0.2) is 13.6 Å². The van der Waals surface area contributed by atoms with Crippen molar-refractivity contribution < 1.29 is 28.0 Å². The maximum absolute atomic E-state index is 13.5. The van der Waals surface area contributed by atoms with E-state index in [1.807, 2.05) is 0 Å². The number of nitro groups is 1. The Morgan fingerprint density at radius 1 is 1.20 bits per heavy atom. The lowest BCUT2D eigenvalue weighted by Gasteiger charge is -2.07. The number of benzene rings is 2. The number of rotatable bonds is 6. The van der Waals surface area contributed by atoms with Crippen molar-refractivity contribution in [1.82, 2.24) is 0 Å². The molecule has 0 aliphatic rings. The number of ketones is 1. The Bertz CT molecular complexity index is 836. The number of esters is 1. The molecular weight excluding hydrogens is 356 g/mol. The normalized spacial score (nSPS) is 10.4. The molecule has 2 rings (SSSR count). The molecular formula is C16H11F2NO5S. The molecule has 130 valence electrons. The van der Waals surface area contributed by atoms with Crippen LogP contribution in [0.15, 0.2) is 41.3 Å². The van der Waals surface area contributed by atoms with Gasteiger partial charge in [0.25, 0.3) is 5.69 Å². The van der Waals surface area contributed by atoms with Gasteiger partial charge in [-0.3, -0.25) is 14.9 Å². The van der Waals surface area contributed by atoms with Crippen LogP contribution in [0.3, 0.4) is 0 Å². The summed E-state index contributed by atoms with van der Waals surface area (Å²) in [5.74, 6) is -4.21. The van der Waals surface area contributed by atoms with Crippen molar-refractivity contribution in [3.8, 4) is 0 Å². The minimum absolute atomic E-state index is 0.147. The molecule has 2 aromatic carbocycles. The Labute approximate surface area is 144 Å². The van der Waals surface area contributed by atoms with Crippen LogP contribution in [0.25, 0.3) is 0 Å². The zero-order chi connectivity index (χ0) is 18.6. The minimum atomic E-state index is -1.07. The molecule has 6 nitrogen and oxygen atoms in total. The van der Waals surface area contributed by atoms with Crippen LogP contribution in [0.2, 0.25) is 0 Å². The third-order valence-corrected chi connectivity index (χ3v) is 3.97. The van der Waals surface area contributed by atoms with Crippen LogP contribution in [-0.4, -0.2) is 29.5 Å². The first-order chi connectivity index (χ1) is 11.8. The molecule has 0 saturated carbocycles. The summed E-state index contributed by atoms with van der Waals surface area (Å²) in [5.41, 5.74) is -1.24. The summed E-state index contributed by atoms with van der Waals surface area (Å²) >= 11 is 1.13. The molecule has 0 bridgehead atoms. The fraction of sp³-hybridized carbons (Fsp3) is 0.125. The highest BCUT2D eigenvalue weighted by Crippen LogP contribution is 2.28. The Morgan fingerprint density at radius 2 is 1.84 bits per heavy atom. The molecule has 0 fully saturated rings. The van der Waals surface area contributed by atoms with Gasteiger partial charge in [0.1, 0.15) is 11.6 Å². The fourth-order valence-electron chi connectivity index (χ4n) is 2.01. The Kier molecular flexibility index (Phi) is 5.81. The largest absolute Gasteiger partial charge is 0.454 e. The van der Waals surface area contributed by atoms with Crippen LogP contribution in [0.4, 0.5) is 14.5 Å². The number of hydrogen-bond acceptors (Lipinski definition) is 6. The number of carbonyl (C=O) groups excluding carboxylic acids is 2. The molecule has 2 aromatic rings. The van der Waals surface area contributed by atoms with Gasteiger partial charge in [0.15, 0.2) is 6.61 Å². The predicted octanol–water partition coefficient (Wildman–Crippen LogP) is 3.63. The molecule has 0 amide bonds. The second-order valence-corrected chi connectivity index (χ2v) is 5.59. The molecule has 0 aliphatic carbocycles. The third kappa shape index (κ3) is 4.18. The van der Waals surface area contributed by atoms with Gasteiger partial charge in [0, 0.05) is 6.07 Å². The van der Waals surface area contributed by atoms with Crippen LogP contribution >= 0.6 is 11.8 Å². The van der Waals surface area contributed by atoms with Gasteiger partial charge in [-0.05, 0) is 30.5 Å². The molecule has 0 heterocycles. The monoisotopic (exact) mass is 367 g/mol. The summed E-state index contributed by atoms with van der Waals surface area (Å²) < 4.78 is 31.7. The number of hydrogen-bond donors (Lipinski definition) is 0. The highest BCUT2D eigenvalue weighted by molar-refractivity contribution is 7.98. The number of nitrogens with zero attached hydrogens (tertiary/aromatic N) is 1. The number of carbonyl (C=O) groups is 2. The summed E-state index contributed by atoms with van der Waals surface area (Å²) in [7, 11) is 0. The van der Waals surface area contributed by atoms with Gasteiger partial charge in [0.05, 0.1) is 20.9 Å². The first-order valence-corrected chi connectivity index (χ1v) is 8.04. The van der Waals surface area contributed by atoms with Crippen LogP contribution in [0.5, 0.6) is 0 Å². The molecule has 25 heavy (non-hydrogen) atoms. The topological polar surface area (TPSA) is 86.5 Å². The third-order valence-electron chi connectivity index (χ3n) is 3.19. The molecule has 0 saturated heterocycles. The lowest BCUT2D eigenvalue weighted by atomic mass is 10.1. The SMILES string of the molecule is CSc1ccc(C(=O)OCC(=O)c2c(F)cccc2F)cc1[N+](=O)[O-]. The molecule has 0 atom stereocenters. The van der Waals surface area contributed by atoms with Crippen molar-refractivity contribution >= 4 is 29.2 Å². The van der Waals surface area contributed by atoms with Crippen molar-refractivity contribution in [2.45, 2.75) is 4.90 Å². The maximum Gasteiger partial charge on any atom is 0.338 e. The number of ether oxygens (including phenoxy) is 1.